The summed E-state index contributed by atoms with van der Waals surface area (Å²) in [6.45, 7) is 6.63. The molecule has 0 unspecified atom stereocenters. The third-order valence-electron chi connectivity index (χ3n) is 3.35. The highest BCUT2D eigenvalue weighted by molar-refractivity contribution is 5.51. The number of pyridine rings is 1. The summed E-state index contributed by atoms with van der Waals surface area (Å²) in [7, 11) is 1.98. The first-order valence-corrected chi connectivity index (χ1v) is 6.35. The Labute approximate surface area is 113 Å². The summed E-state index contributed by atoms with van der Waals surface area (Å²) in [6.07, 6.45) is 1.69. The fourth-order valence-corrected chi connectivity index (χ4v) is 2.26. The van der Waals surface area contributed by atoms with Crippen molar-refractivity contribution in [2.75, 3.05) is 11.9 Å². The summed E-state index contributed by atoms with van der Waals surface area (Å²) in [4.78, 5) is 6.60. The lowest BCUT2D eigenvalue weighted by Gasteiger charge is -2.22. The van der Waals surface area contributed by atoms with Crippen molar-refractivity contribution in [3.05, 3.63) is 46.5 Å². The fourth-order valence-electron chi connectivity index (χ4n) is 2.26. The molecule has 0 saturated carbocycles. The van der Waals surface area contributed by atoms with Crippen LogP contribution in [-0.2, 0) is 13.2 Å². The zero-order chi connectivity index (χ0) is 14.0. The van der Waals surface area contributed by atoms with Gasteiger partial charge in [-0.1, -0.05) is 0 Å². The van der Waals surface area contributed by atoms with E-state index in [9.17, 15) is 5.11 Å². The molecule has 4 heteroatoms. The van der Waals surface area contributed by atoms with Crippen molar-refractivity contribution in [3.63, 3.8) is 0 Å². The number of rotatable bonds is 4. The SMILES string of the molecule is Cc1cc(C)c(CO)c(N(C)Cc2ccoc2C)n1. The van der Waals surface area contributed by atoms with Crippen molar-refractivity contribution in [2.24, 2.45) is 0 Å². The number of aliphatic hydroxyl groups is 1. The molecule has 0 amide bonds. The summed E-state index contributed by atoms with van der Waals surface area (Å²) >= 11 is 0. The van der Waals surface area contributed by atoms with E-state index >= 15 is 0 Å². The van der Waals surface area contributed by atoms with Crippen LogP contribution < -0.4 is 4.90 Å². The van der Waals surface area contributed by atoms with Gasteiger partial charge in [-0.2, -0.15) is 0 Å². The van der Waals surface area contributed by atoms with E-state index in [4.69, 9.17) is 4.42 Å². The van der Waals surface area contributed by atoms with Crippen LogP contribution in [0.25, 0.3) is 0 Å². The molecule has 2 aromatic rings. The maximum Gasteiger partial charge on any atom is 0.134 e. The van der Waals surface area contributed by atoms with Gasteiger partial charge in [0, 0.05) is 30.4 Å². The van der Waals surface area contributed by atoms with E-state index in [1.165, 1.54) is 0 Å². The third-order valence-corrected chi connectivity index (χ3v) is 3.35. The first kappa shape index (κ1) is 13.6. The van der Waals surface area contributed by atoms with Gasteiger partial charge < -0.3 is 14.4 Å². The van der Waals surface area contributed by atoms with E-state index in [-0.39, 0.29) is 6.61 Å². The van der Waals surface area contributed by atoms with Gasteiger partial charge in [-0.25, -0.2) is 4.98 Å². The molecule has 2 rings (SSSR count). The Bertz CT molecular complexity index is 576. The average molecular weight is 260 g/mol. The lowest BCUT2D eigenvalue weighted by atomic mass is 10.1. The van der Waals surface area contributed by atoms with Crippen molar-refractivity contribution in [2.45, 2.75) is 33.9 Å². The van der Waals surface area contributed by atoms with E-state index in [0.29, 0.717) is 6.54 Å². The van der Waals surface area contributed by atoms with E-state index in [1.54, 1.807) is 6.26 Å². The van der Waals surface area contributed by atoms with Gasteiger partial charge in [0.2, 0.25) is 0 Å². The lowest BCUT2D eigenvalue weighted by Crippen LogP contribution is -2.20. The molecule has 0 aliphatic heterocycles. The maximum atomic E-state index is 9.53. The molecule has 0 fully saturated rings. The Morgan fingerprint density at radius 2 is 2.05 bits per heavy atom. The van der Waals surface area contributed by atoms with Gasteiger partial charge in [-0.05, 0) is 38.5 Å². The predicted molar refractivity (Wildman–Crippen MR) is 75.2 cm³/mol. The average Bonchev–Trinajstić information content (AvgIpc) is 2.74. The monoisotopic (exact) mass is 260 g/mol. The number of anilines is 1. The van der Waals surface area contributed by atoms with Crippen LogP contribution in [0.15, 0.2) is 22.8 Å². The minimum Gasteiger partial charge on any atom is -0.469 e. The van der Waals surface area contributed by atoms with Crippen LogP contribution in [0.1, 0.15) is 28.1 Å². The molecule has 2 heterocycles. The summed E-state index contributed by atoms with van der Waals surface area (Å²) in [5, 5.41) is 9.53. The lowest BCUT2D eigenvalue weighted by molar-refractivity contribution is 0.281. The second-order valence-electron chi connectivity index (χ2n) is 4.90. The Kier molecular flexibility index (Phi) is 3.90. The topological polar surface area (TPSA) is 49.5 Å². The van der Waals surface area contributed by atoms with Crippen LogP contribution in [0, 0.1) is 20.8 Å². The van der Waals surface area contributed by atoms with E-state index in [0.717, 1.165) is 34.0 Å². The molecule has 2 aromatic heterocycles. The largest absolute Gasteiger partial charge is 0.469 e. The molecule has 102 valence electrons. The molecule has 1 N–H and O–H groups in total. The first-order valence-electron chi connectivity index (χ1n) is 6.35. The van der Waals surface area contributed by atoms with Gasteiger partial charge in [-0.15, -0.1) is 0 Å². The van der Waals surface area contributed by atoms with Crippen LogP contribution in [0.2, 0.25) is 0 Å². The molecule has 0 aliphatic rings. The quantitative estimate of drug-likeness (QED) is 0.918. The highest BCUT2D eigenvalue weighted by Gasteiger charge is 2.14. The van der Waals surface area contributed by atoms with Crippen molar-refractivity contribution in [3.8, 4) is 0 Å². The summed E-state index contributed by atoms with van der Waals surface area (Å²) in [5.74, 6) is 1.75. The van der Waals surface area contributed by atoms with Crippen LogP contribution >= 0.6 is 0 Å². The van der Waals surface area contributed by atoms with Gasteiger partial charge in [0.25, 0.3) is 0 Å². The molecule has 0 aromatic carbocycles. The van der Waals surface area contributed by atoms with Gasteiger partial charge >= 0.3 is 0 Å². The molecule has 0 atom stereocenters. The molecule has 0 aliphatic carbocycles. The molecule has 19 heavy (non-hydrogen) atoms. The Balaban J connectivity index is 2.33. The molecule has 0 saturated heterocycles. The second kappa shape index (κ2) is 5.45. The number of furan rings is 1. The van der Waals surface area contributed by atoms with Gasteiger partial charge in [-0.3, -0.25) is 0 Å². The van der Waals surface area contributed by atoms with Crippen LogP contribution in [0.5, 0.6) is 0 Å². The van der Waals surface area contributed by atoms with Crippen LogP contribution in [0.3, 0.4) is 0 Å². The van der Waals surface area contributed by atoms with Crippen molar-refractivity contribution < 1.29 is 9.52 Å². The standard InChI is InChI=1S/C15H20N2O2/c1-10-7-11(2)16-15(14(10)9-18)17(4)8-13-5-6-19-12(13)3/h5-7,18H,8-9H2,1-4H3. The molecule has 0 spiro atoms. The molecule has 0 radical (unpaired) electrons. The number of nitrogens with zero attached hydrogens (tertiary/aromatic N) is 2. The number of hydrogen-bond donors (Lipinski definition) is 1. The molecule has 4 nitrogen and oxygen atoms in total. The van der Waals surface area contributed by atoms with Crippen molar-refractivity contribution in [1.29, 1.82) is 0 Å². The Hall–Kier alpha value is -1.81. The van der Waals surface area contributed by atoms with E-state index in [1.807, 2.05) is 44.9 Å². The highest BCUT2D eigenvalue weighted by atomic mass is 16.3. The van der Waals surface area contributed by atoms with Gasteiger partial charge in [0.05, 0.1) is 12.9 Å². The number of aromatic nitrogens is 1. The van der Waals surface area contributed by atoms with E-state index in [2.05, 4.69) is 4.98 Å². The Morgan fingerprint density at radius 1 is 1.32 bits per heavy atom. The van der Waals surface area contributed by atoms with Crippen LogP contribution in [-0.4, -0.2) is 17.1 Å². The Morgan fingerprint density at radius 3 is 2.63 bits per heavy atom. The first-order chi connectivity index (χ1) is 9.02. The zero-order valence-electron chi connectivity index (χ0n) is 11.9. The smallest absolute Gasteiger partial charge is 0.134 e. The van der Waals surface area contributed by atoms with Gasteiger partial charge in [0.1, 0.15) is 11.6 Å². The maximum absolute atomic E-state index is 9.53. The predicted octanol–water partition coefficient (Wildman–Crippen LogP) is 2.73. The minimum absolute atomic E-state index is 0.00313. The van der Waals surface area contributed by atoms with Crippen molar-refractivity contribution >= 4 is 5.82 Å². The fraction of sp³-hybridized carbons (Fsp3) is 0.400. The summed E-state index contributed by atoms with van der Waals surface area (Å²) < 4.78 is 5.31. The number of aliphatic hydroxyl groups excluding tert-OH is 1. The highest BCUT2D eigenvalue weighted by Crippen LogP contribution is 2.24. The normalized spacial score (nSPS) is 10.8. The third kappa shape index (κ3) is 2.79. The molecular weight excluding hydrogens is 240 g/mol. The van der Waals surface area contributed by atoms with Crippen LogP contribution in [0.4, 0.5) is 5.82 Å². The number of aryl methyl sites for hydroxylation is 3. The summed E-state index contributed by atoms with van der Waals surface area (Å²) in [6, 6.07) is 3.96. The minimum atomic E-state index is 0.00313. The van der Waals surface area contributed by atoms with Crippen molar-refractivity contribution in [1.82, 2.24) is 4.98 Å². The molecular formula is C15H20N2O2. The van der Waals surface area contributed by atoms with Gasteiger partial charge in [0.15, 0.2) is 0 Å². The summed E-state index contributed by atoms with van der Waals surface area (Å²) in [5.41, 5.74) is 4.04. The molecule has 0 bridgehead atoms. The number of hydrogen-bond acceptors (Lipinski definition) is 4. The zero-order valence-corrected chi connectivity index (χ0v) is 11.9. The van der Waals surface area contributed by atoms with E-state index < -0.39 is 0 Å². The second-order valence-corrected chi connectivity index (χ2v) is 4.90.